The number of carbonyl (C=O) groups excluding carboxylic acids is 1. The van der Waals surface area contributed by atoms with E-state index in [0.717, 1.165) is 5.56 Å². The quantitative estimate of drug-likeness (QED) is 0.580. The van der Waals surface area contributed by atoms with E-state index in [1.54, 1.807) is 55.5 Å². The molecule has 0 radical (unpaired) electrons. The van der Waals surface area contributed by atoms with Gasteiger partial charge in [-0.05, 0) is 48.9 Å². The minimum atomic E-state index is 0. The zero-order valence-electron chi connectivity index (χ0n) is 10.7. The van der Waals surface area contributed by atoms with Gasteiger partial charge in [-0.1, -0.05) is 19.6 Å². The number of phenols is 2. The molecule has 20 heavy (non-hydrogen) atoms. The molecule has 0 saturated carbocycles. The standard InChI is InChI=1S/C9H10O2.C6H7NO.CH4/c1-7(10)6-8-2-4-9(11)5-3-8;7-5-1-3-6(8)4-2-5;/h2-5,11H,6H2,1H3;1-4,8H,7H2;1H4. The fourth-order valence-electron chi connectivity index (χ4n) is 1.38. The first-order valence-corrected chi connectivity index (χ1v) is 5.79. The van der Waals surface area contributed by atoms with Crippen molar-refractivity contribution in [2.75, 3.05) is 5.73 Å². The van der Waals surface area contributed by atoms with Crippen molar-refractivity contribution in [2.24, 2.45) is 0 Å². The molecule has 0 amide bonds. The molecule has 0 aliphatic rings. The molecule has 0 aliphatic carbocycles. The van der Waals surface area contributed by atoms with E-state index in [2.05, 4.69) is 0 Å². The van der Waals surface area contributed by atoms with Gasteiger partial charge in [-0.15, -0.1) is 0 Å². The van der Waals surface area contributed by atoms with Crippen LogP contribution < -0.4 is 5.73 Å². The first kappa shape index (κ1) is 17.5. The molecule has 0 aromatic heterocycles. The molecule has 0 saturated heterocycles. The maximum Gasteiger partial charge on any atom is 0.134 e. The highest BCUT2D eigenvalue weighted by molar-refractivity contribution is 5.78. The lowest BCUT2D eigenvalue weighted by atomic mass is 10.1. The van der Waals surface area contributed by atoms with Crippen LogP contribution in [0.5, 0.6) is 11.5 Å². The zero-order valence-corrected chi connectivity index (χ0v) is 10.7. The van der Waals surface area contributed by atoms with Crippen LogP contribution in [0.2, 0.25) is 0 Å². The number of carbonyl (C=O) groups is 1. The maximum atomic E-state index is 10.6. The van der Waals surface area contributed by atoms with Gasteiger partial charge in [-0.25, -0.2) is 0 Å². The summed E-state index contributed by atoms with van der Waals surface area (Å²) in [5.41, 5.74) is 6.92. The third kappa shape index (κ3) is 7.06. The fraction of sp³-hybridized carbons (Fsp3) is 0.188. The second-order valence-electron chi connectivity index (χ2n) is 4.14. The lowest BCUT2D eigenvalue weighted by molar-refractivity contribution is -0.116. The highest BCUT2D eigenvalue weighted by atomic mass is 16.3. The lowest BCUT2D eigenvalue weighted by Crippen LogP contribution is -1.94. The molecule has 0 bridgehead atoms. The number of aromatic hydroxyl groups is 2. The third-order valence-corrected chi connectivity index (χ3v) is 2.28. The molecule has 0 aliphatic heterocycles. The molecule has 0 unspecified atom stereocenters. The van der Waals surface area contributed by atoms with Gasteiger partial charge in [0.25, 0.3) is 0 Å². The van der Waals surface area contributed by atoms with Crippen LogP contribution in [0.4, 0.5) is 5.69 Å². The monoisotopic (exact) mass is 275 g/mol. The van der Waals surface area contributed by atoms with E-state index >= 15 is 0 Å². The van der Waals surface area contributed by atoms with Crippen molar-refractivity contribution < 1.29 is 15.0 Å². The predicted octanol–water partition coefficient (Wildman–Crippen LogP) is 3.13. The summed E-state index contributed by atoms with van der Waals surface area (Å²) >= 11 is 0. The van der Waals surface area contributed by atoms with Crippen LogP contribution in [0.15, 0.2) is 48.5 Å². The summed E-state index contributed by atoms with van der Waals surface area (Å²) in [7, 11) is 0. The van der Waals surface area contributed by atoms with Gasteiger partial charge in [-0.2, -0.15) is 0 Å². The molecule has 4 nitrogen and oxygen atoms in total. The summed E-state index contributed by atoms with van der Waals surface area (Å²) in [6.45, 7) is 1.55. The van der Waals surface area contributed by atoms with Crippen LogP contribution in [-0.4, -0.2) is 16.0 Å². The van der Waals surface area contributed by atoms with E-state index in [-0.39, 0.29) is 24.7 Å². The van der Waals surface area contributed by atoms with Gasteiger partial charge in [0, 0.05) is 12.1 Å². The van der Waals surface area contributed by atoms with Gasteiger partial charge >= 0.3 is 0 Å². The summed E-state index contributed by atoms with van der Waals surface area (Å²) in [5.74, 6) is 0.618. The highest BCUT2D eigenvalue weighted by Crippen LogP contribution is 2.10. The van der Waals surface area contributed by atoms with Crippen molar-refractivity contribution in [1.82, 2.24) is 0 Å². The molecule has 108 valence electrons. The third-order valence-electron chi connectivity index (χ3n) is 2.28. The maximum absolute atomic E-state index is 10.6. The highest BCUT2D eigenvalue weighted by Gasteiger charge is 1.96. The molecular formula is C16H21NO3. The van der Waals surface area contributed by atoms with Gasteiger partial charge in [0.05, 0.1) is 0 Å². The number of Topliss-reactive ketones (excluding diaryl/α,β-unsaturated/α-hetero) is 1. The molecule has 2 aromatic rings. The van der Waals surface area contributed by atoms with Crippen molar-refractivity contribution in [1.29, 1.82) is 0 Å². The Hall–Kier alpha value is -2.49. The molecule has 2 rings (SSSR count). The Morgan fingerprint density at radius 1 is 0.950 bits per heavy atom. The number of benzene rings is 2. The molecule has 4 N–H and O–H groups in total. The number of anilines is 1. The minimum absolute atomic E-state index is 0. The van der Waals surface area contributed by atoms with Gasteiger partial charge in [-0.3, -0.25) is 4.79 Å². The van der Waals surface area contributed by atoms with Crippen molar-refractivity contribution in [2.45, 2.75) is 20.8 Å². The Labute approximate surface area is 119 Å². The van der Waals surface area contributed by atoms with Crippen LogP contribution in [0.1, 0.15) is 19.9 Å². The van der Waals surface area contributed by atoms with E-state index < -0.39 is 0 Å². The van der Waals surface area contributed by atoms with Crippen molar-refractivity contribution in [3.63, 3.8) is 0 Å². The molecule has 0 heterocycles. The van der Waals surface area contributed by atoms with Gasteiger partial charge < -0.3 is 15.9 Å². The summed E-state index contributed by atoms with van der Waals surface area (Å²) in [6.07, 6.45) is 0.445. The minimum Gasteiger partial charge on any atom is -0.508 e. The second kappa shape index (κ2) is 8.58. The molecule has 2 aromatic carbocycles. The zero-order chi connectivity index (χ0) is 14.3. The number of hydrogen-bond donors (Lipinski definition) is 3. The molecule has 0 atom stereocenters. The average Bonchev–Trinajstić information content (AvgIpc) is 2.36. The summed E-state index contributed by atoms with van der Waals surface area (Å²) in [5, 5.41) is 17.6. The number of rotatable bonds is 2. The number of nitrogen functional groups attached to an aromatic ring is 1. The first-order chi connectivity index (χ1) is 8.97. The van der Waals surface area contributed by atoms with Crippen LogP contribution in [-0.2, 0) is 11.2 Å². The molecule has 0 spiro atoms. The smallest absolute Gasteiger partial charge is 0.134 e. The van der Waals surface area contributed by atoms with Gasteiger partial charge in [0.15, 0.2) is 0 Å². The van der Waals surface area contributed by atoms with Crippen LogP contribution >= 0.6 is 0 Å². The first-order valence-electron chi connectivity index (χ1n) is 5.79. The van der Waals surface area contributed by atoms with Crippen molar-refractivity contribution in [3.8, 4) is 11.5 Å². The Morgan fingerprint density at radius 3 is 1.70 bits per heavy atom. The van der Waals surface area contributed by atoms with E-state index in [1.165, 1.54) is 0 Å². The Bertz CT molecular complexity index is 497. The number of ketones is 1. The number of nitrogens with two attached hydrogens (primary N) is 1. The second-order valence-corrected chi connectivity index (χ2v) is 4.14. The number of hydrogen-bond acceptors (Lipinski definition) is 4. The molecule has 4 heteroatoms. The topological polar surface area (TPSA) is 83.5 Å². The average molecular weight is 275 g/mol. The Morgan fingerprint density at radius 2 is 1.35 bits per heavy atom. The van der Waals surface area contributed by atoms with Gasteiger partial charge in [0.1, 0.15) is 17.3 Å². The van der Waals surface area contributed by atoms with Crippen LogP contribution in [0.3, 0.4) is 0 Å². The Balaban J connectivity index is 0.000000359. The Kier molecular flexibility index (Phi) is 7.52. The van der Waals surface area contributed by atoms with Crippen molar-refractivity contribution >= 4 is 11.5 Å². The van der Waals surface area contributed by atoms with Crippen molar-refractivity contribution in [3.05, 3.63) is 54.1 Å². The van der Waals surface area contributed by atoms with E-state index in [1.807, 2.05) is 0 Å². The van der Waals surface area contributed by atoms with E-state index in [0.29, 0.717) is 12.1 Å². The largest absolute Gasteiger partial charge is 0.508 e. The van der Waals surface area contributed by atoms with E-state index in [9.17, 15) is 4.79 Å². The molecule has 0 fully saturated rings. The van der Waals surface area contributed by atoms with E-state index in [4.69, 9.17) is 15.9 Å². The molecular weight excluding hydrogens is 254 g/mol. The SMILES string of the molecule is C.CC(=O)Cc1ccc(O)cc1.Nc1ccc(O)cc1. The van der Waals surface area contributed by atoms with Gasteiger partial charge in [0.2, 0.25) is 0 Å². The summed E-state index contributed by atoms with van der Waals surface area (Å²) in [4.78, 5) is 10.6. The number of phenolic OH excluding ortho intramolecular Hbond substituents is 2. The fourth-order valence-corrected chi connectivity index (χ4v) is 1.38. The van der Waals surface area contributed by atoms with Crippen LogP contribution in [0.25, 0.3) is 0 Å². The normalized spacial score (nSPS) is 8.85. The summed E-state index contributed by atoms with van der Waals surface area (Å²) in [6, 6.07) is 13.1. The summed E-state index contributed by atoms with van der Waals surface area (Å²) < 4.78 is 0. The predicted molar refractivity (Wildman–Crippen MR) is 81.7 cm³/mol. The lowest BCUT2D eigenvalue weighted by Gasteiger charge is -1.96. The van der Waals surface area contributed by atoms with Crippen LogP contribution in [0, 0.1) is 0 Å².